The smallest absolute Gasteiger partial charge is 0.400 e. The van der Waals surface area contributed by atoms with Crippen LogP contribution in [0.15, 0.2) is 33.7 Å². The summed E-state index contributed by atoms with van der Waals surface area (Å²) in [6.45, 7) is 0. The van der Waals surface area contributed by atoms with Crippen LogP contribution in [0.4, 0.5) is 11.6 Å². The molecule has 19 heavy (non-hydrogen) atoms. The van der Waals surface area contributed by atoms with Crippen LogP contribution in [0.3, 0.4) is 0 Å². The third-order valence-corrected chi connectivity index (χ3v) is 3.14. The fraction of sp³-hybridized carbons (Fsp3) is 0. The summed E-state index contributed by atoms with van der Waals surface area (Å²) in [6, 6.07) is 5.60. The Morgan fingerprint density at radius 2 is 1.84 bits per heavy atom. The molecule has 5 nitrogen and oxygen atoms in total. The average molecular weight is 320 g/mol. The van der Waals surface area contributed by atoms with Crippen molar-refractivity contribution in [2.75, 3.05) is 0 Å². The van der Waals surface area contributed by atoms with Crippen molar-refractivity contribution >= 4 is 52.6 Å². The molecule has 0 radical (unpaired) electrons. The minimum absolute atomic E-state index is 0.230. The Bertz CT molecular complexity index is 667. The highest BCUT2D eigenvalue weighted by Crippen LogP contribution is 2.34. The first-order valence-electron chi connectivity index (χ1n) is 4.90. The second-order valence-corrected chi connectivity index (χ2v) is 4.63. The maximum atomic E-state index is 10.4. The van der Waals surface area contributed by atoms with E-state index >= 15 is 0 Å². The molecule has 0 spiro atoms. The summed E-state index contributed by atoms with van der Waals surface area (Å²) in [6.07, 6.45) is 1.30. The first-order valence-corrected chi connectivity index (χ1v) is 6.03. The van der Waals surface area contributed by atoms with Gasteiger partial charge in [-0.05, 0) is 18.2 Å². The van der Waals surface area contributed by atoms with E-state index in [-0.39, 0.29) is 11.6 Å². The lowest BCUT2D eigenvalue weighted by Crippen LogP contribution is -1.83. The molecule has 0 saturated carbocycles. The minimum Gasteiger partial charge on any atom is -0.400 e. The molecule has 0 aliphatic carbocycles. The standard InChI is InChI=1S/C11H5Cl3N2O3/c12-7-3-9(14)10(4-8(7)13)15-5-6-1-2-11(19-6)16(17)18/h1-5H. The summed E-state index contributed by atoms with van der Waals surface area (Å²) < 4.78 is 4.91. The number of aliphatic imine (C=N–C) groups is 1. The molecule has 2 aromatic rings. The van der Waals surface area contributed by atoms with E-state index in [0.29, 0.717) is 20.8 Å². The number of halogens is 3. The average Bonchev–Trinajstić information content (AvgIpc) is 2.81. The molecule has 1 aromatic heterocycles. The number of nitrogens with zero attached hydrogens (tertiary/aromatic N) is 2. The van der Waals surface area contributed by atoms with Crippen LogP contribution in [0.25, 0.3) is 0 Å². The van der Waals surface area contributed by atoms with Gasteiger partial charge < -0.3 is 4.42 Å². The third-order valence-electron chi connectivity index (χ3n) is 2.11. The van der Waals surface area contributed by atoms with Crippen LogP contribution >= 0.6 is 34.8 Å². The van der Waals surface area contributed by atoms with Gasteiger partial charge in [0.2, 0.25) is 0 Å². The lowest BCUT2D eigenvalue weighted by Gasteiger charge is -2.00. The van der Waals surface area contributed by atoms with Crippen LogP contribution in [0.1, 0.15) is 5.76 Å². The van der Waals surface area contributed by atoms with Gasteiger partial charge in [0.05, 0.1) is 33.0 Å². The summed E-state index contributed by atoms with van der Waals surface area (Å²) >= 11 is 17.5. The molecule has 0 aliphatic heterocycles. The van der Waals surface area contributed by atoms with E-state index in [1.807, 2.05) is 0 Å². The van der Waals surface area contributed by atoms with Crippen molar-refractivity contribution in [3.8, 4) is 0 Å². The first-order chi connectivity index (χ1) is 8.97. The molecule has 98 valence electrons. The largest absolute Gasteiger partial charge is 0.433 e. The van der Waals surface area contributed by atoms with E-state index in [9.17, 15) is 10.1 Å². The van der Waals surface area contributed by atoms with Gasteiger partial charge in [-0.15, -0.1) is 0 Å². The molecule has 8 heteroatoms. The fourth-order valence-corrected chi connectivity index (χ4v) is 1.84. The van der Waals surface area contributed by atoms with Gasteiger partial charge in [-0.1, -0.05) is 34.8 Å². The van der Waals surface area contributed by atoms with Crippen molar-refractivity contribution in [2.45, 2.75) is 0 Å². The highest BCUT2D eigenvalue weighted by atomic mass is 35.5. The van der Waals surface area contributed by atoms with Crippen LogP contribution in [0, 0.1) is 10.1 Å². The Morgan fingerprint density at radius 3 is 2.47 bits per heavy atom. The van der Waals surface area contributed by atoms with Crippen LogP contribution in [-0.4, -0.2) is 11.1 Å². The quantitative estimate of drug-likeness (QED) is 0.350. The Labute approximate surface area is 122 Å². The molecule has 0 unspecified atom stereocenters. The fourth-order valence-electron chi connectivity index (χ4n) is 1.25. The van der Waals surface area contributed by atoms with E-state index in [1.54, 1.807) is 0 Å². The second-order valence-electron chi connectivity index (χ2n) is 3.41. The Morgan fingerprint density at radius 1 is 1.16 bits per heavy atom. The van der Waals surface area contributed by atoms with Crippen molar-refractivity contribution in [1.29, 1.82) is 0 Å². The van der Waals surface area contributed by atoms with Crippen molar-refractivity contribution in [3.05, 3.63) is 55.2 Å². The molecule has 2 rings (SSSR count). The predicted octanol–water partition coefficient (Wildman–Crippen LogP) is 4.90. The second kappa shape index (κ2) is 5.61. The molecule has 0 saturated heterocycles. The molecule has 0 bridgehead atoms. The first kappa shape index (κ1) is 13.9. The molecule has 0 amide bonds. The Kier molecular flexibility index (Phi) is 4.09. The van der Waals surface area contributed by atoms with Gasteiger partial charge in [0.1, 0.15) is 4.92 Å². The van der Waals surface area contributed by atoms with E-state index in [0.717, 1.165) is 0 Å². The number of benzene rings is 1. The molecule has 0 aliphatic rings. The van der Waals surface area contributed by atoms with Gasteiger partial charge in [-0.25, -0.2) is 0 Å². The van der Waals surface area contributed by atoms with Crippen LogP contribution in [-0.2, 0) is 0 Å². The van der Waals surface area contributed by atoms with E-state index in [2.05, 4.69) is 4.99 Å². The van der Waals surface area contributed by atoms with Crippen LogP contribution in [0.5, 0.6) is 0 Å². The van der Waals surface area contributed by atoms with Gasteiger partial charge in [0, 0.05) is 0 Å². The van der Waals surface area contributed by atoms with E-state index in [4.69, 9.17) is 39.2 Å². The van der Waals surface area contributed by atoms with Crippen molar-refractivity contribution in [1.82, 2.24) is 0 Å². The predicted molar refractivity (Wildman–Crippen MR) is 74.1 cm³/mol. The normalized spacial score (nSPS) is 11.1. The third kappa shape index (κ3) is 3.26. The maximum absolute atomic E-state index is 10.4. The lowest BCUT2D eigenvalue weighted by molar-refractivity contribution is -0.402. The van der Waals surface area contributed by atoms with Gasteiger partial charge in [0.25, 0.3) is 0 Å². The highest BCUT2D eigenvalue weighted by Gasteiger charge is 2.10. The summed E-state index contributed by atoms with van der Waals surface area (Å²) in [5.74, 6) is -0.129. The number of hydrogen-bond donors (Lipinski definition) is 0. The topological polar surface area (TPSA) is 68.6 Å². The molecular weight excluding hydrogens is 314 g/mol. The number of hydrogen-bond acceptors (Lipinski definition) is 4. The lowest BCUT2D eigenvalue weighted by atomic mass is 10.3. The summed E-state index contributed by atoms with van der Waals surface area (Å²) in [7, 11) is 0. The molecule has 0 atom stereocenters. The van der Waals surface area contributed by atoms with E-state index in [1.165, 1.54) is 30.5 Å². The molecular formula is C11H5Cl3N2O3. The molecule has 0 N–H and O–H groups in total. The van der Waals surface area contributed by atoms with Crippen molar-refractivity contribution < 1.29 is 9.34 Å². The molecule has 1 heterocycles. The Hall–Kier alpha value is -1.56. The van der Waals surface area contributed by atoms with Gasteiger partial charge >= 0.3 is 5.88 Å². The van der Waals surface area contributed by atoms with Crippen molar-refractivity contribution in [2.24, 2.45) is 4.99 Å². The summed E-state index contributed by atoms with van der Waals surface area (Å²) in [5, 5.41) is 11.4. The van der Waals surface area contributed by atoms with Crippen molar-refractivity contribution in [3.63, 3.8) is 0 Å². The highest BCUT2D eigenvalue weighted by molar-refractivity contribution is 6.43. The number of nitro groups is 1. The monoisotopic (exact) mass is 318 g/mol. The molecule has 1 aromatic carbocycles. The number of rotatable bonds is 3. The minimum atomic E-state index is -0.635. The van der Waals surface area contributed by atoms with Gasteiger partial charge in [-0.3, -0.25) is 15.1 Å². The van der Waals surface area contributed by atoms with Gasteiger partial charge in [-0.2, -0.15) is 0 Å². The SMILES string of the molecule is O=[N+]([O-])c1ccc(C=Nc2cc(Cl)c(Cl)cc2Cl)o1. The van der Waals surface area contributed by atoms with Crippen LogP contribution in [0.2, 0.25) is 15.1 Å². The zero-order valence-corrected chi connectivity index (χ0v) is 11.4. The zero-order chi connectivity index (χ0) is 14.0. The van der Waals surface area contributed by atoms with Crippen LogP contribution < -0.4 is 0 Å². The summed E-state index contributed by atoms with van der Waals surface area (Å²) in [5.41, 5.74) is 0.384. The Balaban J connectivity index is 2.27. The zero-order valence-electron chi connectivity index (χ0n) is 9.14. The maximum Gasteiger partial charge on any atom is 0.433 e. The van der Waals surface area contributed by atoms with Gasteiger partial charge in [0.15, 0.2) is 5.76 Å². The van der Waals surface area contributed by atoms with E-state index < -0.39 is 4.92 Å². The summed E-state index contributed by atoms with van der Waals surface area (Å²) in [4.78, 5) is 13.8. The molecule has 0 fully saturated rings. The number of furan rings is 1.